The van der Waals surface area contributed by atoms with E-state index >= 15 is 0 Å². The van der Waals surface area contributed by atoms with Crippen molar-refractivity contribution < 1.29 is 4.79 Å². The first-order valence-electron chi connectivity index (χ1n) is 8.46. The molecule has 1 unspecified atom stereocenters. The number of rotatable bonds is 7. The summed E-state index contributed by atoms with van der Waals surface area (Å²) in [6, 6.07) is 13.9. The third-order valence-electron chi connectivity index (χ3n) is 3.97. The number of hydrogen-bond acceptors (Lipinski definition) is 4. The Morgan fingerprint density at radius 3 is 2.33 bits per heavy atom. The molecule has 0 aliphatic rings. The van der Waals surface area contributed by atoms with Gasteiger partial charge in [-0.2, -0.15) is 0 Å². The average Bonchev–Trinajstić information content (AvgIpc) is 2.60. The highest BCUT2D eigenvalue weighted by Crippen LogP contribution is 2.13. The Hall–Kier alpha value is -2.43. The number of nitrogens with zero attached hydrogens (tertiary/aromatic N) is 3. The first-order chi connectivity index (χ1) is 11.5. The Balaban J connectivity index is 2.12. The normalized spacial score (nSPS) is 12.0. The minimum Gasteiger partial charge on any atom is -0.366 e. The van der Waals surface area contributed by atoms with Crippen molar-refractivity contribution in [1.82, 2.24) is 15.1 Å². The predicted octanol–water partition coefficient (Wildman–Crippen LogP) is 3.74. The highest BCUT2D eigenvalue weighted by Gasteiger charge is 2.20. The van der Waals surface area contributed by atoms with Gasteiger partial charge < -0.3 is 10.2 Å². The summed E-state index contributed by atoms with van der Waals surface area (Å²) in [5, 5.41) is 11.5. The standard InChI is InChI=1S/C19H26N4O/c1-5-15(4)20-18-12-11-17(21-22-18)19(24)23(14(2)3)13-16-9-7-6-8-10-16/h6-12,14-15H,5,13H2,1-4H3,(H,20,22). The predicted molar refractivity (Wildman–Crippen MR) is 96.9 cm³/mol. The van der Waals surface area contributed by atoms with Crippen molar-refractivity contribution in [2.24, 2.45) is 0 Å². The van der Waals surface area contributed by atoms with Crippen molar-refractivity contribution in [3.05, 3.63) is 53.7 Å². The van der Waals surface area contributed by atoms with Gasteiger partial charge in [0.1, 0.15) is 5.82 Å². The van der Waals surface area contributed by atoms with E-state index in [4.69, 9.17) is 0 Å². The number of carbonyl (C=O) groups excluding carboxylic acids is 1. The van der Waals surface area contributed by atoms with Crippen LogP contribution in [-0.4, -0.2) is 33.1 Å². The van der Waals surface area contributed by atoms with Crippen molar-refractivity contribution in [2.75, 3.05) is 5.32 Å². The van der Waals surface area contributed by atoms with Gasteiger partial charge in [0.2, 0.25) is 0 Å². The number of anilines is 1. The molecule has 0 fully saturated rings. The quantitative estimate of drug-likeness (QED) is 0.842. The Kier molecular flexibility index (Phi) is 6.29. The van der Waals surface area contributed by atoms with Crippen LogP contribution in [0, 0.1) is 0 Å². The number of hydrogen-bond donors (Lipinski definition) is 1. The van der Waals surface area contributed by atoms with Crippen LogP contribution in [0.3, 0.4) is 0 Å². The molecule has 1 amide bonds. The fourth-order valence-electron chi connectivity index (χ4n) is 2.29. The lowest BCUT2D eigenvalue weighted by Crippen LogP contribution is -2.37. The van der Waals surface area contributed by atoms with Gasteiger partial charge in [-0.05, 0) is 44.9 Å². The highest BCUT2D eigenvalue weighted by atomic mass is 16.2. The number of nitrogens with one attached hydrogen (secondary N) is 1. The molecule has 5 heteroatoms. The molecule has 1 atom stereocenters. The fourth-order valence-corrected chi connectivity index (χ4v) is 2.29. The maximum absolute atomic E-state index is 12.8. The first kappa shape index (κ1) is 17.9. The monoisotopic (exact) mass is 326 g/mol. The van der Waals surface area contributed by atoms with E-state index in [9.17, 15) is 4.79 Å². The van der Waals surface area contributed by atoms with Crippen LogP contribution in [0.2, 0.25) is 0 Å². The van der Waals surface area contributed by atoms with E-state index in [0.717, 1.165) is 12.0 Å². The molecule has 1 aromatic carbocycles. The van der Waals surface area contributed by atoms with E-state index in [0.29, 0.717) is 24.1 Å². The highest BCUT2D eigenvalue weighted by molar-refractivity contribution is 5.92. The lowest BCUT2D eigenvalue weighted by atomic mass is 10.1. The molecule has 0 radical (unpaired) electrons. The smallest absolute Gasteiger partial charge is 0.274 e. The Morgan fingerprint density at radius 1 is 1.08 bits per heavy atom. The van der Waals surface area contributed by atoms with Crippen LogP contribution in [0.15, 0.2) is 42.5 Å². The molecule has 0 spiro atoms. The molecule has 128 valence electrons. The summed E-state index contributed by atoms with van der Waals surface area (Å²) in [6.45, 7) is 8.76. The summed E-state index contributed by atoms with van der Waals surface area (Å²) in [5.41, 5.74) is 1.47. The molecule has 1 heterocycles. The minimum atomic E-state index is -0.101. The van der Waals surface area contributed by atoms with Crippen molar-refractivity contribution in [3.63, 3.8) is 0 Å². The van der Waals surface area contributed by atoms with E-state index in [1.165, 1.54) is 0 Å². The molecule has 1 aromatic heterocycles. The zero-order valence-electron chi connectivity index (χ0n) is 14.9. The van der Waals surface area contributed by atoms with Crippen molar-refractivity contribution in [1.29, 1.82) is 0 Å². The summed E-state index contributed by atoms with van der Waals surface area (Å²) in [7, 11) is 0. The van der Waals surface area contributed by atoms with Crippen LogP contribution >= 0.6 is 0 Å². The molecule has 2 aromatic rings. The van der Waals surface area contributed by atoms with Gasteiger partial charge in [-0.1, -0.05) is 37.3 Å². The topological polar surface area (TPSA) is 58.1 Å². The van der Waals surface area contributed by atoms with Gasteiger partial charge in [0.25, 0.3) is 5.91 Å². The van der Waals surface area contributed by atoms with Crippen molar-refractivity contribution in [2.45, 2.75) is 52.7 Å². The van der Waals surface area contributed by atoms with E-state index < -0.39 is 0 Å². The molecular formula is C19H26N4O. The Bertz CT molecular complexity index is 640. The Morgan fingerprint density at radius 2 is 1.79 bits per heavy atom. The first-order valence-corrected chi connectivity index (χ1v) is 8.46. The zero-order valence-corrected chi connectivity index (χ0v) is 14.9. The third kappa shape index (κ3) is 4.78. The van der Waals surface area contributed by atoms with E-state index in [1.54, 1.807) is 11.0 Å². The summed E-state index contributed by atoms with van der Waals surface area (Å²) in [5.74, 6) is 0.594. The van der Waals surface area contributed by atoms with E-state index in [-0.39, 0.29) is 11.9 Å². The molecule has 1 N–H and O–H groups in total. The maximum Gasteiger partial charge on any atom is 0.274 e. The molecular weight excluding hydrogens is 300 g/mol. The molecule has 0 saturated carbocycles. The van der Waals surface area contributed by atoms with E-state index in [2.05, 4.69) is 29.4 Å². The molecule has 2 rings (SSSR count). The van der Waals surface area contributed by atoms with Crippen LogP contribution in [-0.2, 0) is 6.54 Å². The second-order valence-corrected chi connectivity index (χ2v) is 6.27. The SMILES string of the molecule is CCC(C)Nc1ccc(C(=O)N(Cc2ccccc2)C(C)C)nn1. The van der Waals surface area contributed by atoms with Gasteiger partial charge in [-0.25, -0.2) is 0 Å². The number of carbonyl (C=O) groups is 1. The van der Waals surface area contributed by atoms with Crippen LogP contribution in [0.4, 0.5) is 5.82 Å². The summed E-state index contributed by atoms with van der Waals surface area (Å²) in [6.07, 6.45) is 1.00. The number of benzene rings is 1. The number of amides is 1. The third-order valence-corrected chi connectivity index (χ3v) is 3.97. The lowest BCUT2D eigenvalue weighted by Gasteiger charge is -2.26. The molecule has 5 nitrogen and oxygen atoms in total. The van der Waals surface area contributed by atoms with Crippen LogP contribution in [0.25, 0.3) is 0 Å². The second-order valence-electron chi connectivity index (χ2n) is 6.27. The van der Waals surface area contributed by atoms with Gasteiger partial charge in [-0.3, -0.25) is 4.79 Å². The summed E-state index contributed by atoms with van der Waals surface area (Å²) in [4.78, 5) is 14.6. The van der Waals surface area contributed by atoms with Crippen LogP contribution in [0.5, 0.6) is 0 Å². The average molecular weight is 326 g/mol. The van der Waals surface area contributed by atoms with Crippen LogP contribution < -0.4 is 5.32 Å². The molecule has 0 aliphatic heterocycles. The maximum atomic E-state index is 12.8. The summed E-state index contributed by atoms with van der Waals surface area (Å²) >= 11 is 0. The molecule has 0 bridgehead atoms. The lowest BCUT2D eigenvalue weighted by molar-refractivity contribution is 0.0683. The van der Waals surface area contributed by atoms with Crippen molar-refractivity contribution in [3.8, 4) is 0 Å². The van der Waals surface area contributed by atoms with Gasteiger partial charge in [0.15, 0.2) is 5.69 Å². The van der Waals surface area contributed by atoms with Gasteiger partial charge in [0.05, 0.1) is 0 Å². The Labute approximate surface area is 144 Å². The van der Waals surface area contributed by atoms with E-state index in [1.807, 2.05) is 50.2 Å². The number of aromatic nitrogens is 2. The zero-order chi connectivity index (χ0) is 17.5. The minimum absolute atomic E-state index is 0.0809. The van der Waals surface area contributed by atoms with Gasteiger partial charge >= 0.3 is 0 Å². The molecule has 0 saturated heterocycles. The van der Waals surface area contributed by atoms with Gasteiger partial charge in [-0.15, -0.1) is 10.2 Å². The molecule has 0 aliphatic carbocycles. The van der Waals surface area contributed by atoms with Crippen LogP contribution in [0.1, 0.15) is 50.2 Å². The largest absolute Gasteiger partial charge is 0.366 e. The van der Waals surface area contributed by atoms with Gasteiger partial charge in [0, 0.05) is 18.6 Å². The summed E-state index contributed by atoms with van der Waals surface area (Å²) < 4.78 is 0. The fraction of sp³-hybridized carbons (Fsp3) is 0.421. The van der Waals surface area contributed by atoms with Crippen molar-refractivity contribution >= 4 is 11.7 Å². The molecule has 24 heavy (non-hydrogen) atoms. The second kappa shape index (κ2) is 8.43.